The first-order chi connectivity index (χ1) is 12.2. The molecular formula is C20H26ClFN2O2. The maximum absolute atomic E-state index is 14.0. The average molecular weight is 381 g/mol. The number of carbonyl (C=O) groups is 2. The van der Waals surface area contributed by atoms with Crippen LogP contribution in [-0.4, -0.2) is 23.9 Å². The highest BCUT2D eigenvalue weighted by Gasteiger charge is 2.45. The van der Waals surface area contributed by atoms with E-state index < -0.39 is 11.7 Å². The van der Waals surface area contributed by atoms with Crippen LogP contribution >= 0.6 is 11.6 Å². The fraction of sp³-hybridized carbons (Fsp3) is 0.600. The standard InChI is InChI=1S/C20H26ClFN2O2/c1-20(2,3)13-10-17(25)24-16-9-11(7-8-12(13)16)23-19(26)18-14(21)5-4-6-15(18)22/h4-6,11-13,16H,7-10H2,1-3H3,(H,23,26)(H,24,25). The summed E-state index contributed by atoms with van der Waals surface area (Å²) in [6.45, 7) is 6.55. The number of piperidine rings is 1. The first-order valence-corrected chi connectivity index (χ1v) is 9.59. The minimum absolute atomic E-state index is 0.0515. The molecule has 4 unspecified atom stereocenters. The number of rotatable bonds is 2. The van der Waals surface area contributed by atoms with Gasteiger partial charge in [-0.15, -0.1) is 0 Å². The van der Waals surface area contributed by atoms with Gasteiger partial charge in [-0.1, -0.05) is 38.4 Å². The van der Waals surface area contributed by atoms with Crippen LogP contribution in [0.3, 0.4) is 0 Å². The lowest BCUT2D eigenvalue weighted by Gasteiger charge is -2.48. The van der Waals surface area contributed by atoms with Crippen LogP contribution in [-0.2, 0) is 4.79 Å². The van der Waals surface area contributed by atoms with Gasteiger partial charge >= 0.3 is 0 Å². The van der Waals surface area contributed by atoms with E-state index in [2.05, 4.69) is 31.4 Å². The third-order valence-corrected chi connectivity index (χ3v) is 6.12. The molecule has 2 N–H and O–H groups in total. The van der Waals surface area contributed by atoms with Crippen LogP contribution in [0.25, 0.3) is 0 Å². The largest absolute Gasteiger partial charge is 0.353 e. The summed E-state index contributed by atoms with van der Waals surface area (Å²) in [4.78, 5) is 24.6. The number of fused-ring (bicyclic) bond motifs is 1. The van der Waals surface area contributed by atoms with E-state index in [1.165, 1.54) is 18.2 Å². The van der Waals surface area contributed by atoms with Crippen molar-refractivity contribution in [2.24, 2.45) is 17.3 Å². The first kappa shape index (κ1) is 19.2. The zero-order valence-electron chi connectivity index (χ0n) is 15.4. The van der Waals surface area contributed by atoms with Crippen molar-refractivity contribution in [3.05, 3.63) is 34.6 Å². The second kappa shape index (κ2) is 7.18. The number of halogens is 2. The molecular weight excluding hydrogens is 355 g/mol. The Bertz CT molecular complexity index is 696. The van der Waals surface area contributed by atoms with Crippen molar-refractivity contribution in [2.45, 2.75) is 58.5 Å². The topological polar surface area (TPSA) is 58.2 Å². The smallest absolute Gasteiger partial charge is 0.255 e. The molecule has 1 aromatic carbocycles. The summed E-state index contributed by atoms with van der Waals surface area (Å²) in [5.41, 5.74) is -0.0474. The quantitative estimate of drug-likeness (QED) is 0.816. The van der Waals surface area contributed by atoms with Crippen LogP contribution in [0.1, 0.15) is 56.8 Å². The Balaban J connectivity index is 1.70. The Morgan fingerprint density at radius 1 is 1.31 bits per heavy atom. The number of hydrogen-bond acceptors (Lipinski definition) is 2. The summed E-state index contributed by atoms with van der Waals surface area (Å²) in [6.07, 6.45) is 2.98. The van der Waals surface area contributed by atoms with Gasteiger partial charge in [0.25, 0.3) is 5.91 Å². The van der Waals surface area contributed by atoms with Crippen molar-refractivity contribution < 1.29 is 14.0 Å². The summed E-state index contributed by atoms with van der Waals surface area (Å²) in [5.74, 6) is -0.291. The van der Waals surface area contributed by atoms with Crippen molar-refractivity contribution in [1.29, 1.82) is 0 Å². The third-order valence-electron chi connectivity index (χ3n) is 5.81. The molecule has 0 spiro atoms. The number of hydrogen-bond donors (Lipinski definition) is 2. The monoisotopic (exact) mass is 380 g/mol. The molecule has 0 aromatic heterocycles. The summed E-state index contributed by atoms with van der Waals surface area (Å²) in [7, 11) is 0. The summed E-state index contributed by atoms with van der Waals surface area (Å²) in [5, 5.41) is 6.11. The Labute approximate surface area is 158 Å². The fourth-order valence-corrected chi connectivity index (χ4v) is 4.76. The lowest BCUT2D eigenvalue weighted by Crippen LogP contribution is -2.57. The van der Waals surface area contributed by atoms with Crippen LogP contribution in [0, 0.1) is 23.1 Å². The van der Waals surface area contributed by atoms with Gasteiger partial charge in [0.05, 0.1) is 10.6 Å². The summed E-state index contributed by atoms with van der Waals surface area (Å²) < 4.78 is 14.0. The van der Waals surface area contributed by atoms with E-state index in [1.807, 2.05) is 0 Å². The van der Waals surface area contributed by atoms with E-state index in [-0.39, 0.29) is 34.0 Å². The first-order valence-electron chi connectivity index (χ1n) is 9.21. The van der Waals surface area contributed by atoms with Crippen molar-refractivity contribution in [3.8, 4) is 0 Å². The summed E-state index contributed by atoms with van der Waals surface area (Å²) in [6, 6.07) is 4.16. The van der Waals surface area contributed by atoms with E-state index in [4.69, 9.17) is 11.6 Å². The van der Waals surface area contributed by atoms with E-state index in [0.29, 0.717) is 24.7 Å². The van der Waals surface area contributed by atoms with Crippen molar-refractivity contribution in [2.75, 3.05) is 0 Å². The molecule has 1 heterocycles. The van der Waals surface area contributed by atoms with Gasteiger partial charge in [-0.3, -0.25) is 9.59 Å². The van der Waals surface area contributed by atoms with Crippen molar-refractivity contribution in [1.82, 2.24) is 10.6 Å². The van der Waals surface area contributed by atoms with Gasteiger partial charge in [0.1, 0.15) is 5.82 Å². The summed E-state index contributed by atoms with van der Waals surface area (Å²) >= 11 is 5.98. The molecule has 2 aliphatic rings. The van der Waals surface area contributed by atoms with Crippen LogP contribution in [0.5, 0.6) is 0 Å². The Morgan fingerprint density at radius 2 is 2.04 bits per heavy atom. The number of benzene rings is 1. The third kappa shape index (κ3) is 3.88. The second-order valence-corrected chi connectivity index (χ2v) is 9.00. The zero-order valence-corrected chi connectivity index (χ0v) is 16.2. The molecule has 2 fully saturated rings. The van der Waals surface area contributed by atoms with Crippen LogP contribution in [0.4, 0.5) is 4.39 Å². The molecule has 142 valence electrons. The minimum Gasteiger partial charge on any atom is -0.353 e. The fourth-order valence-electron chi connectivity index (χ4n) is 4.51. The molecule has 1 aliphatic heterocycles. The molecule has 4 nitrogen and oxygen atoms in total. The molecule has 1 aromatic rings. The van der Waals surface area contributed by atoms with E-state index in [1.54, 1.807) is 0 Å². The van der Waals surface area contributed by atoms with Crippen LogP contribution in [0.15, 0.2) is 18.2 Å². The van der Waals surface area contributed by atoms with E-state index >= 15 is 0 Å². The van der Waals surface area contributed by atoms with Gasteiger partial charge in [-0.2, -0.15) is 0 Å². The Kier molecular flexibility index (Phi) is 5.29. The zero-order chi connectivity index (χ0) is 19.1. The highest BCUT2D eigenvalue weighted by molar-refractivity contribution is 6.33. The van der Waals surface area contributed by atoms with Gasteiger partial charge in [0, 0.05) is 18.5 Å². The van der Waals surface area contributed by atoms with E-state index in [0.717, 1.165) is 12.8 Å². The molecule has 4 atom stereocenters. The molecule has 2 amide bonds. The van der Waals surface area contributed by atoms with Crippen LogP contribution in [0.2, 0.25) is 5.02 Å². The SMILES string of the molecule is CC(C)(C)C1CC(=O)NC2CC(NC(=O)c3c(F)cccc3Cl)CCC21. The molecule has 1 aliphatic carbocycles. The van der Waals surface area contributed by atoms with Gasteiger partial charge in [-0.05, 0) is 48.6 Å². The predicted molar refractivity (Wildman–Crippen MR) is 99.5 cm³/mol. The minimum atomic E-state index is -0.623. The number of carbonyl (C=O) groups excluding carboxylic acids is 2. The van der Waals surface area contributed by atoms with Crippen LogP contribution < -0.4 is 10.6 Å². The maximum atomic E-state index is 14.0. The average Bonchev–Trinajstić information content (AvgIpc) is 2.52. The molecule has 0 radical (unpaired) electrons. The second-order valence-electron chi connectivity index (χ2n) is 8.59. The van der Waals surface area contributed by atoms with Gasteiger partial charge in [0.2, 0.25) is 5.91 Å². The molecule has 6 heteroatoms. The van der Waals surface area contributed by atoms with Crippen molar-refractivity contribution >= 4 is 23.4 Å². The normalized spacial score (nSPS) is 28.9. The highest BCUT2D eigenvalue weighted by atomic mass is 35.5. The lowest BCUT2D eigenvalue weighted by atomic mass is 9.62. The molecule has 0 bridgehead atoms. The number of amides is 2. The van der Waals surface area contributed by atoms with Gasteiger partial charge in [-0.25, -0.2) is 4.39 Å². The molecule has 1 saturated carbocycles. The van der Waals surface area contributed by atoms with Gasteiger partial charge in [0.15, 0.2) is 0 Å². The van der Waals surface area contributed by atoms with E-state index in [9.17, 15) is 14.0 Å². The highest BCUT2D eigenvalue weighted by Crippen LogP contribution is 2.44. The molecule has 1 saturated heterocycles. The van der Waals surface area contributed by atoms with Crippen molar-refractivity contribution in [3.63, 3.8) is 0 Å². The predicted octanol–water partition coefficient (Wildman–Crippen LogP) is 3.93. The van der Waals surface area contributed by atoms with Gasteiger partial charge < -0.3 is 10.6 Å². The molecule has 3 rings (SSSR count). The maximum Gasteiger partial charge on any atom is 0.255 e. The lowest BCUT2D eigenvalue weighted by molar-refractivity contribution is -0.129. The Morgan fingerprint density at radius 3 is 2.69 bits per heavy atom. The Hall–Kier alpha value is -1.62. The molecule has 26 heavy (non-hydrogen) atoms. The number of nitrogens with one attached hydrogen (secondary N) is 2.